The van der Waals surface area contributed by atoms with Crippen molar-refractivity contribution in [2.45, 2.75) is 19.9 Å². The van der Waals surface area contributed by atoms with E-state index in [4.69, 9.17) is 4.74 Å². The fourth-order valence-electron chi connectivity index (χ4n) is 4.50. The fourth-order valence-corrected chi connectivity index (χ4v) is 4.50. The van der Waals surface area contributed by atoms with Crippen LogP contribution in [-0.2, 0) is 14.3 Å². The second-order valence-electron chi connectivity index (χ2n) is 8.20. The molecular formula is C27H25N5O3. The zero-order valence-electron chi connectivity index (χ0n) is 19.5. The first kappa shape index (κ1) is 22.3. The summed E-state index contributed by atoms with van der Waals surface area (Å²) in [5.41, 5.74) is 2.63. The van der Waals surface area contributed by atoms with Crippen molar-refractivity contribution in [3.8, 4) is 0 Å². The van der Waals surface area contributed by atoms with E-state index in [-0.39, 0.29) is 19.1 Å². The van der Waals surface area contributed by atoms with Gasteiger partial charge in [-0.3, -0.25) is 4.79 Å². The molecule has 1 aliphatic heterocycles. The smallest absolute Gasteiger partial charge is 0.338 e. The Labute approximate surface area is 202 Å². The average molecular weight is 468 g/mol. The summed E-state index contributed by atoms with van der Waals surface area (Å²) in [6.45, 7) is 3.77. The molecule has 4 aromatic rings. The van der Waals surface area contributed by atoms with Gasteiger partial charge < -0.3 is 15.0 Å². The van der Waals surface area contributed by atoms with E-state index in [0.29, 0.717) is 17.2 Å². The maximum atomic E-state index is 13.2. The maximum absolute atomic E-state index is 13.2. The number of nitrogens with one attached hydrogen (secondary N) is 1. The number of rotatable bonds is 6. The Morgan fingerprint density at radius 3 is 2.54 bits per heavy atom. The summed E-state index contributed by atoms with van der Waals surface area (Å²) < 4.78 is 7.07. The van der Waals surface area contributed by atoms with Crippen molar-refractivity contribution in [1.82, 2.24) is 14.8 Å². The Bertz CT molecular complexity index is 1420. The second kappa shape index (κ2) is 9.42. The van der Waals surface area contributed by atoms with Crippen LogP contribution in [-0.4, -0.2) is 39.8 Å². The van der Waals surface area contributed by atoms with Gasteiger partial charge in [0.25, 0.3) is 0 Å². The van der Waals surface area contributed by atoms with Crippen LogP contribution in [0.25, 0.3) is 10.8 Å². The van der Waals surface area contributed by atoms with Crippen molar-refractivity contribution in [3.05, 3.63) is 96.0 Å². The number of allylic oxidation sites excluding steroid dienone is 1. The van der Waals surface area contributed by atoms with Gasteiger partial charge in [0.1, 0.15) is 18.9 Å². The summed E-state index contributed by atoms with van der Waals surface area (Å²) >= 11 is 0. The van der Waals surface area contributed by atoms with Gasteiger partial charge in [0.05, 0.1) is 12.2 Å². The van der Waals surface area contributed by atoms with Gasteiger partial charge in [0.2, 0.25) is 11.9 Å². The number of ether oxygens (including phenoxy) is 1. The molecule has 1 aliphatic rings. The molecule has 0 spiro atoms. The molecular weight excluding hydrogens is 442 g/mol. The summed E-state index contributed by atoms with van der Waals surface area (Å²) in [5.74, 6) is -0.200. The molecule has 0 aliphatic carbocycles. The third-order valence-electron chi connectivity index (χ3n) is 6.08. The van der Waals surface area contributed by atoms with Gasteiger partial charge in [-0.25, -0.2) is 9.48 Å². The lowest BCUT2D eigenvalue weighted by molar-refractivity contribution is -0.139. The predicted molar refractivity (Wildman–Crippen MR) is 134 cm³/mol. The van der Waals surface area contributed by atoms with Gasteiger partial charge in [-0.15, -0.1) is 0 Å². The number of benzene rings is 3. The van der Waals surface area contributed by atoms with Crippen molar-refractivity contribution in [2.24, 2.45) is 0 Å². The lowest BCUT2D eigenvalue weighted by Gasteiger charge is -2.35. The second-order valence-corrected chi connectivity index (χ2v) is 8.20. The molecule has 0 radical (unpaired) electrons. The van der Waals surface area contributed by atoms with Crippen molar-refractivity contribution < 1.29 is 14.3 Å². The molecule has 0 bridgehead atoms. The number of carbonyl (C=O) groups excluding carboxylic acids is 2. The highest BCUT2D eigenvalue weighted by Gasteiger charge is 2.38. The number of hydrogen-bond acceptors (Lipinski definition) is 6. The van der Waals surface area contributed by atoms with E-state index in [1.165, 1.54) is 6.33 Å². The zero-order valence-corrected chi connectivity index (χ0v) is 19.5. The molecule has 8 nitrogen and oxygen atoms in total. The molecule has 3 aromatic carbocycles. The lowest BCUT2D eigenvalue weighted by Crippen LogP contribution is -2.40. The minimum absolute atomic E-state index is 0.0435. The third-order valence-corrected chi connectivity index (χ3v) is 6.08. The SMILES string of the molecule is CCOC(=O)C1=C(C)N(CC(=O)Nc2cccc3ccccc23)c2ncnn2[C@H]1c1ccccc1. The van der Waals surface area contributed by atoms with Crippen LogP contribution < -0.4 is 10.2 Å². The van der Waals surface area contributed by atoms with Gasteiger partial charge in [0.15, 0.2) is 0 Å². The van der Waals surface area contributed by atoms with E-state index in [9.17, 15) is 9.59 Å². The number of aromatic nitrogens is 3. The van der Waals surface area contributed by atoms with Crippen LogP contribution in [0.2, 0.25) is 0 Å². The molecule has 176 valence electrons. The largest absolute Gasteiger partial charge is 0.463 e. The highest BCUT2D eigenvalue weighted by atomic mass is 16.5. The Kier molecular flexibility index (Phi) is 6.01. The summed E-state index contributed by atoms with van der Waals surface area (Å²) in [6, 6.07) is 22.7. The molecule has 0 saturated carbocycles. The highest BCUT2D eigenvalue weighted by molar-refractivity contribution is 6.03. The van der Waals surface area contributed by atoms with Crippen molar-refractivity contribution in [1.29, 1.82) is 0 Å². The standard InChI is InChI=1S/C27H25N5O3/c1-3-35-26(34)24-18(2)31(27-28-17-29-32(27)25(24)20-11-5-4-6-12-20)16-23(33)30-22-15-9-13-19-10-7-8-14-21(19)22/h4-15,17,25H,3,16H2,1-2H3,(H,30,33)/t25-/m0/s1. The molecule has 5 rings (SSSR count). The zero-order chi connectivity index (χ0) is 24.4. The van der Waals surface area contributed by atoms with Crippen LogP contribution in [0.3, 0.4) is 0 Å². The number of anilines is 2. The van der Waals surface area contributed by atoms with Crippen molar-refractivity contribution in [3.63, 3.8) is 0 Å². The highest BCUT2D eigenvalue weighted by Crippen LogP contribution is 2.38. The van der Waals surface area contributed by atoms with Crippen LogP contribution in [0.1, 0.15) is 25.5 Å². The van der Waals surface area contributed by atoms with E-state index in [0.717, 1.165) is 22.0 Å². The molecule has 8 heteroatoms. The molecule has 0 saturated heterocycles. The minimum Gasteiger partial charge on any atom is -0.463 e. The molecule has 2 heterocycles. The summed E-state index contributed by atoms with van der Waals surface area (Å²) in [7, 11) is 0. The van der Waals surface area contributed by atoms with E-state index < -0.39 is 12.0 Å². The summed E-state index contributed by atoms with van der Waals surface area (Å²) in [4.78, 5) is 32.5. The van der Waals surface area contributed by atoms with Gasteiger partial charge in [-0.2, -0.15) is 10.1 Å². The first-order valence-electron chi connectivity index (χ1n) is 11.5. The fraction of sp³-hybridized carbons (Fsp3) is 0.185. The molecule has 0 unspecified atom stereocenters. The van der Waals surface area contributed by atoms with Crippen LogP contribution in [0, 0.1) is 0 Å². The van der Waals surface area contributed by atoms with Gasteiger partial charge in [-0.1, -0.05) is 66.7 Å². The van der Waals surface area contributed by atoms with E-state index in [1.807, 2.05) is 79.7 Å². The number of hydrogen-bond donors (Lipinski definition) is 1. The molecule has 0 fully saturated rings. The van der Waals surface area contributed by atoms with E-state index in [1.54, 1.807) is 16.5 Å². The molecule has 35 heavy (non-hydrogen) atoms. The monoisotopic (exact) mass is 467 g/mol. The maximum Gasteiger partial charge on any atom is 0.338 e. The Morgan fingerprint density at radius 2 is 1.74 bits per heavy atom. The summed E-state index contributed by atoms with van der Waals surface area (Å²) in [6.07, 6.45) is 1.43. The number of esters is 1. The van der Waals surface area contributed by atoms with E-state index in [2.05, 4.69) is 15.4 Å². The summed E-state index contributed by atoms with van der Waals surface area (Å²) in [5, 5.41) is 9.41. The quantitative estimate of drug-likeness (QED) is 0.425. The van der Waals surface area contributed by atoms with Crippen LogP contribution in [0.5, 0.6) is 0 Å². The van der Waals surface area contributed by atoms with Crippen LogP contribution in [0.15, 0.2) is 90.4 Å². The van der Waals surface area contributed by atoms with Gasteiger partial charge in [-0.05, 0) is 30.9 Å². The van der Waals surface area contributed by atoms with Crippen molar-refractivity contribution in [2.75, 3.05) is 23.4 Å². The van der Waals surface area contributed by atoms with Crippen molar-refractivity contribution >= 4 is 34.3 Å². The minimum atomic E-state index is -0.509. The third kappa shape index (κ3) is 4.14. The number of nitrogens with zero attached hydrogens (tertiary/aromatic N) is 4. The van der Waals surface area contributed by atoms with Crippen LogP contribution in [0.4, 0.5) is 11.6 Å². The van der Waals surface area contributed by atoms with Gasteiger partial charge in [0, 0.05) is 16.8 Å². The molecule has 1 atom stereocenters. The van der Waals surface area contributed by atoms with Crippen LogP contribution >= 0.6 is 0 Å². The lowest BCUT2D eigenvalue weighted by atomic mass is 9.95. The van der Waals surface area contributed by atoms with E-state index >= 15 is 0 Å². The molecule has 1 N–H and O–H groups in total. The Balaban J connectivity index is 1.51. The number of carbonyl (C=O) groups is 2. The topological polar surface area (TPSA) is 89.3 Å². The first-order chi connectivity index (χ1) is 17.1. The number of fused-ring (bicyclic) bond motifs is 2. The predicted octanol–water partition coefficient (Wildman–Crippen LogP) is 4.32. The Hall–Kier alpha value is -4.46. The normalized spacial score (nSPS) is 15.1. The molecule has 1 amide bonds. The number of amides is 1. The van der Waals surface area contributed by atoms with Gasteiger partial charge >= 0.3 is 5.97 Å². The Morgan fingerprint density at radius 1 is 1.00 bits per heavy atom. The molecule has 1 aromatic heterocycles. The average Bonchev–Trinajstić information content (AvgIpc) is 3.36. The first-order valence-corrected chi connectivity index (χ1v) is 11.5.